The van der Waals surface area contributed by atoms with Gasteiger partial charge in [-0.15, -0.1) is 0 Å². The molecule has 2 N–H and O–H groups in total. The van der Waals surface area contributed by atoms with Crippen molar-refractivity contribution in [2.45, 2.75) is 6.42 Å². The van der Waals surface area contributed by atoms with Crippen molar-refractivity contribution in [3.8, 4) is 5.75 Å². The van der Waals surface area contributed by atoms with Gasteiger partial charge in [-0.1, -0.05) is 18.2 Å². The summed E-state index contributed by atoms with van der Waals surface area (Å²) in [6.07, 6.45) is -1.00. The molecule has 0 fully saturated rings. The van der Waals surface area contributed by atoms with Gasteiger partial charge in [0.1, 0.15) is 16.9 Å². The van der Waals surface area contributed by atoms with Gasteiger partial charge in [-0.25, -0.2) is 4.79 Å². The largest absolute Gasteiger partial charge is 0.506 e. The summed E-state index contributed by atoms with van der Waals surface area (Å²) in [6, 6.07) is 10.8. The van der Waals surface area contributed by atoms with Gasteiger partial charge >= 0.3 is 5.63 Å². The SMILES string of the molecule is O=C(CC(=O)c1c(O)c2ccccc2oc1=O)C(=O)Nc1cccc([N+](=O)[O-])c1. The molecule has 0 aliphatic heterocycles. The fourth-order valence-corrected chi connectivity index (χ4v) is 2.59. The highest BCUT2D eigenvalue weighted by molar-refractivity contribution is 6.44. The first-order valence-corrected chi connectivity index (χ1v) is 8.14. The maximum absolute atomic E-state index is 12.3. The first-order valence-electron chi connectivity index (χ1n) is 8.14. The highest BCUT2D eigenvalue weighted by atomic mass is 16.6. The summed E-state index contributed by atoms with van der Waals surface area (Å²) < 4.78 is 4.96. The van der Waals surface area contributed by atoms with Gasteiger partial charge in [0.2, 0.25) is 5.78 Å². The topological polar surface area (TPSA) is 157 Å². The van der Waals surface area contributed by atoms with E-state index in [1.165, 1.54) is 30.3 Å². The van der Waals surface area contributed by atoms with E-state index in [0.29, 0.717) is 0 Å². The first kappa shape index (κ1) is 19.4. The summed E-state index contributed by atoms with van der Waals surface area (Å²) in [7, 11) is 0. The Morgan fingerprint density at radius 2 is 1.83 bits per heavy atom. The normalized spacial score (nSPS) is 10.5. The molecule has 1 heterocycles. The minimum absolute atomic E-state index is 0.0157. The lowest BCUT2D eigenvalue weighted by atomic mass is 10.0. The Balaban J connectivity index is 1.79. The third-order valence-electron chi connectivity index (χ3n) is 3.95. The molecule has 0 atom stereocenters. The zero-order valence-electron chi connectivity index (χ0n) is 14.6. The second-order valence-corrected chi connectivity index (χ2v) is 5.89. The van der Waals surface area contributed by atoms with Gasteiger partial charge in [0.25, 0.3) is 11.6 Å². The molecule has 3 rings (SSSR count). The van der Waals surface area contributed by atoms with Gasteiger partial charge in [-0.3, -0.25) is 24.5 Å². The van der Waals surface area contributed by atoms with Crippen LogP contribution in [0.2, 0.25) is 0 Å². The highest BCUT2D eigenvalue weighted by Crippen LogP contribution is 2.26. The van der Waals surface area contributed by atoms with Crippen LogP contribution >= 0.6 is 0 Å². The fourth-order valence-electron chi connectivity index (χ4n) is 2.59. The first-order chi connectivity index (χ1) is 13.8. The number of aromatic hydroxyl groups is 1. The smallest absolute Gasteiger partial charge is 0.351 e. The number of nitro groups is 1. The molecule has 0 saturated carbocycles. The van der Waals surface area contributed by atoms with Gasteiger partial charge in [-0.2, -0.15) is 0 Å². The van der Waals surface area contributed by atoms with Crippen LogP contribution in [0.4, 0.5) is 11.4 Å². The van der Waals surface area contributed by atoms with Crippen LogP contribution in [0.3, 0.4) is 0 Å². The van der Waals surface area contributed by atoms with Crippen molar-refractivity contribution >= 4 is 39.8 Å². The summed E-state index contributed by atoms with van der Waals surface area (Å²) in [5.74, 6) is -4.15. The number of amides is 1. The molecule has 0 unspecified atom stereocenters. The number of carbonyl (C=O) groups excluding carboxylic acids is 3. The van der Waals surface area contributed by atoms with Gasteiger partial charge in [0.15, 0.2) is 5.78 Å². The van der Waals surface area contributed by atoms with Crippen molar-refractivity contribution < 1.29 is 28.8 Å². The van der Waals surface area contributed by atoms with Crippen LogP contribution in [0.25, 0.3) is 11.0 Å². The van der Waals surface area contributed by atoms with Crippen molar-refractivity contribution in [1.29, 1.82) is 0 Å². The molecular formula is C19H12N2O8. The molecule has 0 bridgehead atoms. The Bertz CT molecular complexity index is 1230. The van der Waals surface area contributed by atoms with Crippen molar-refractivity contribution in [3.05, 3.63) is 74.6 Å². The molecule has 146 valence electrons. The van der Waals surface area contributed by atoms with E-state index < -0.39 is 45.8 Å². The van der Waals surface area contributed by atoms with E-state index in [9.17, 15) is 34.4 Å². The molecular weight excluding hydrogens is 384 g/mol. The third-order valence-corrected chi connectivity index (χ3v) is 3.95. The van der Waals surface area contributed by atoms with E-state index in [0.717, 1.165) is 6.07 Å². The molecule has 29 heavy (non-hydrogen) atoms. The quantitative estimate of drug-likeness (QED) is 0.160. The monoisotopic (exact) mass is 396 g/mol. The highest BCUT2D eigenvalue weighted by Gasteiger charge is 2.26. The number of hydrogen-bond donors (Lipinski definition) is 2. The molecule has 1 amide bonds. The van der Waals surface area contributed by atoms with Crippen LogP contribution in [-0.2, 0) is 9.59 Å². The molecule has 0 aliphatic rings. The molecule has 10 heteroatoms. The second kappa shape index (κ2) is 7.72. The Morgan fingerprint density at radius 1 is 1.10 bits per heavy atom. The van der Waals surface area contributed by atoms with Gasteiger partial charge in [0.05, 0.1) is 16.7 Å². The lowest BCUT2D eigenvalue weighted by molar-refractivity contribution is -0.384. The number of para-hydroxylation sites is 1. The number of Topliss-reactive ketones (excluding diaryl/α,β-unsaturated/α-hetero) is 2. The van der Waals surface area contributed by atoms with E-state index in [4.69, 9.17) is 4.42 Å². The Labute approximate surface area is 161 Å². The number of anilines is 1. The van der Waals surface area contributed by atoms with E-state index >= 15 is 0 Å². The van der Waals surface area contributed by atoms with E-state index in [1.54, 1.807) is 12.1 Å². The number of non-ortho nitro benzene ring substituents is 1. The lowest BCUT2D eigenvalue weighted by Gasteiger charge is -2.06. The number of rotatable bonds is 6. The minimum Gasteiger partial charge on any atom is -0.506 e. The zero-order chi connectivity index (χ0) is 21.1. The molecule has 2 aromatic carbocycles. The van der Waals surface area contributed by atoms with Crippen LogP contribution in [-0.4, -0.2) is 27.5 Å². The number of nitro benzene ring substituents is 1. The predicted molar refractivity (Wildman–Crippen MR) is 99.8 cm³/mol. The molecule has 10 nitrogen and oxygen atoms in total. The molecule has 0 aliphatic carbocycles. The fraction of sp³-hybridized carbons (Fsp3) is 0.0526. The number of fused-ring (bicyclic) bond motifs is 1. The molecule has 0 saturated heterocycles. The molecule has 0 radical (unpaired) electrons. The number of carbonyl (C=O) groups is 3. The molecule has 3 aromatic rings. The summed E-state index contributed by atoms with van der Waals surface area (Å²) in [6.45, 7) is 0. The number of benzene rings is 2. The number of nitrogens with one attached hydrogen (secondary N) is 1. The second-order valence-electron chi connectivity index (χ2n) is 5.89. The number of nitrogens with zero attached hydrogens (tertiary/aromatic N) is 1. The standard InChI is InChI=1S/C19H12N2O8/c22-13(16-17(24)12-6-1-2-7-15(12)29-19(16)26)9-14(23)18(25)20-10-4-3-5-11(8-10)21(27)28/h1-8,24H,9H2,(H,20,25). The van der Waals surface area contributed by atoms with Crippen molar-refractivity contribution in [3.63, 3.8) is 0 Å². The minimum atomic E-state index is -1.21. The summed E-state index contributed by atoms with van der Waals surface area (Å²) >= 11 is 0. The number of hydrogen-bond acceptors (Lipinski definition) is 8. The Morgan fingerprint density at radius 3 is 2.55 bits per heavy atom. The summed E-state index contributed by atoms with van der Waals surface area (Å²) in [4.78, 5) is 58.5. The van der Waals surface area contributed by atoms with Crippen molar-refractivity contribution in [2.24, 2.45) is 0 Å². The van der Waals surface area contributed by atoms with Crippen LogP contribution in [0.1, 0.15) is 16.8 Å². The van der Waals surface area contributed by atoms with Crippen LogP contribution in [0, 0.1) is 10.1 Å². The molecule has 1 aromatic heterocycles. The van der Waals surface area contributed by atoms with Crippen LogP contribution in [0.5, 0.6) is 5.75 Å². The summed E-state index contributed by atoms with van der Waals surface area (Å²) in [5.41, 5.74) is -2.14. The van der Waals surface area contributed by atoms with Crippen LogP contribution in [0.15, 0.2) is 57.7 Å². The Kier molecular flexibility index (Phi) is 5.17. The van der Waals surface area contributed by atoms with E-state index in [-0.39, 0.29) is 22.3 Å². The van der Waals surface area contributed by atoms with Crippen LogP contribution < -0.4 is 10.9 Å². The maximum Gasteiger partial charge on any atom is 0.351 e. The van der Waals surface area contributed by atoms with Gasteiger partial charge in [0, 0.05) is 17.8 Å². The third kappa shape index (κ3) is 4.00. The maximum atomic E-state index is 12.3. The van der Waals surface area contributed by atoms with E-state index in [1.807, 2.05) is 0 Å². The van der Waals surface area contributed by atoms with E-state index in [2.05, 4.69) is 5.32 Å². The summed E-state index contributed by atoms with van der Waals surface area (Å²) in [5, 5.41) is 23.2. The van der Waals surface area contributed by atoms with Gasteiger partial charge < -0.3 is 14.8 Å². The molecule has 0 spiro atoms. The lowest BCUT2D eigenvalue weighted by Crippen LogP contribution is -2.26. The van der Waals surface area contributed by atoms with Gasteiger partial charge in [-0.05, 0) is 18.2 Å². The number of ketones is 2. The Hall–Kier alpha value is -4.34. The zero-order valence-corrected chi connectivity index (χ0v) is 14.6. The predicted octanol–water partition coefficient (Wildman–Crippen LogP) is 2.19. The average Bonchev–Trinajstić information content (AvgIpc) is 2.68. The average molecular weight is 396 g/mol. The van der Waals surface area contributed by atoms with Crippen molar-refractivity contribution in [2.75, 3.05) is 5.32 Å². The van der Waals surface area contributed by atoms with Crippen molar-refractivity contribution in [1.82, 2.24) is 0 Å².